The summed E-state index contributed by atoms with van der Waals surface area (Å²) in [6.07, 6.45) is 0. The van der Waals surface area contributed by atoms with Crippen LogP contribution in [0.4, 0.5) is 11.6 Å². The molecule has 1 aliphatic rings. The van der Waals surface area contributed by atoms with Crippen LogP contribution in [0.3, 0.4) is 0 Å². The zero-order valence-corrected chi connectivity index (χ0v) is 18.9. The molecule has 7 nitrogen and oxygen atoms in total. The number of aryl methyl sites for hydroxylation is 3. The monoisotopic (exact) mass is 429 g/mol. The van der Waals surface area contributed by atoms with Crippen molar-refractivity contribution in [3.63, 3.8) is 0 Å². The van der Waals surface area contributed by atoms with Crippen LogP contribution in [-0.4, -0.2) is 25.2 Å². The normalized spacial score (nSPS) is 15.9. The molecule has 3 heterocycles. The molecule has 0 saturated heterocycles. The van der Waals surface area contributed by atoms with E-state index in [9.17, 15) is 9.59 Å². The number of nitrogens with zero attached hydrogens (tertiary/aromatic N) is 5. The van der Waals surface area contributed by atoms with Crippen molar-refractivity contribution >= 4 is 22.8 Å². The minimum absolute atomic E-state index is 0.235. The molecule has 5 rings (SSSR count). The number of hydrogen-bond donors (Lipinski definition) is 0. The predicted molar refractivity (Wildman–Crippen MR) is 127 cm³/mol. The van der Waals surface area contributed by atoms with E-state index in [1.54, 1.807) is 7.05 Å². The molecule has 164 valence electrons. The Morgan fingerprint density at radius 1 is 1.00 bits per heavy atom. The number of para-hydroxylation sites is 1. The number of aromatic nitrogens is 4. The first-order chi connectivity index (χ1) is 15.3. The molecule has 1 aliphatic heterocycles. The summed E-state index contributed by atoms with van der Waals surface area (Å²) < 4.78 is 4.81. The van der Waals surface area contributed by atoms with E-state index in [0.29, 0.717) is 29.6 Å². The highest BCUT2D eigenvalue weighted by molar-refractivity contribution is 5.77. The number of anilines is 2. The number of imidazole rings is 1. The maximum atomic E-state index is 13.6. The van der Waals surface area contributed by atoms with Crippen molar-refractivity contribution in [3.05, 3.63) is 86.1 Å². The average Bonchev–Trinajstić information content (AvgIpc) is 3.16. The molecule has 0 aliphatic carbocycles. The summed E-state index contributed by atoms with van der Waals surface area (Å²) in [5.74, 6) is 1.04. The lowest BCUT2D eigenvalue weighted by Gasteiger charge is -2.33. The van der Waals surface area contributed by atoms with Crippen LogP contribution in [-0.2, 0) is 20.1 Å². The molecule has 0 saturated carbocycles. The average molecular weight is 430 g/mol. The van der Waals surface area contributed by atoms with E-state index in [1.165, 1.54) is 9.13 Å². The molecule has 4 aromatic rings. The molecule has 0 N–H and O–H groups in total. The Morgan fingerprint density at radius 3 is 2.44 bits per heavy atom. The third-order valence-corrected chi connectivity index (χ3v) is 6.31. The van der Waals surface area contributed by atoms with Crippen LogP contribution in [0.2, 0.25) is 0 Å². The highest BCUT2D eigenvalue weighted by atomic mass is 16.2. The molecular weight excluding hydrogens is 402 g/mol. The molecule has 0 fully saturated rings. The number of hydrogen-bond acceptors (Lipinski definition) is 4. The number of rotatable bonds is 3. The first kappa shape index (κ1) is 20.3. The molecule has 0 unspecified atom stereocenters. The van der Waals surface area contributed by atoms with Crippen LogP contribution in [0.25, 0.3) is 11.2 Å². The van der Waals surface area contributed by atoms with Crippen molar-refractivity contribution in [2.24, 2.45) is 13.0 Å². The lowest BCUT2D eigenvalue weighted by Crippen LogP contribution is -2.40. The minimum atomic E-state index is -0.353. The van der Waals surface area contributed by atoms with E-state index in [-0.39, 0.29) is 17.8 Å². The van der Waals surface area contributed by atoms with Crippen molar-refractivity contribution < 1.29 is 0 Å². The summed E-state index contributed by atoms with van der Waals surface area (Å²) in [6, 6.07) is 16.1. The molecule has 0 spiro atoms. The van der Waals surface area contributed by atoms with Gasteiger partial charge in [0.1, 0.15) is 0 Å². The molecule has 2 aromatic heterocycles. The summed E-state index contributed by atoms with van der Waals surface area (Å²) in [5, 5.41) is 0. The molecule has 32 heavy (non-hydrogen) atoms. The number of benzene rings is 2. The Balaban J connectivity index is 1.73. The van der Waals surface area contributed by atoms with Gasteiger partial charge >= 0.3 is 5.69 Å². The lowest BCUT2D eigenvalue weighted by molar-refractivity contribution is 0.457. The van der Waals surface area contributed by atoms with Gasteiger partial charge in [0.05, 0.1) is 6.54 Å². The van der Waals surface area contributed by atoms with E-state index in [2.05, 4.69) is 30.9 Å². The summed E-state index contributed by atoms with van der Waals surface area (Å²) in [7, 11) is 1.69. The van der Waals surface area contributed by atoms with Gasteiger partial charge in [0.15, 0.2) is 11.2 Å². The Labute approximate surface area is 186 Å². The highest BCUT2D eigenvalue weighted by Gasteiger charge is 2.30. The van der Waals surface area contributed by atoms with Gasteiger partial charge in [-0.2, -0.15) is 4.98 Å². The Hall–Kier alpha value is -3.61. The van der Waals surface area contributed by atoms with Gasteiger partial charge in [0, 0.05) is 25.8 Å². The van der Waals surface area contributed by atoms with Crippen molar-refractivity contribution in [2.45, 2.75) is 33.9 Å². The van der Waals surface area contributed by atoms with E-state index >= 15 is 0 Å². The minimum Gasteiger partial charge on any atom is -0.311 e. The Morgan fingerprint density at radius 2 is 1.72 bits per heavy atom. The third-order valence-electron chi connectivity index (χ3n) is 6.31. The molecule has 0 bridgehead atoms. The molecular formula is C25H27N5O2. The highest BCUT2D eigenvalue weighted by Crippen LogP contribution is 2.34. The van der Waals surface area contributed by atoms with Crippen LogP contribution >= 0.6 is 0 Å². The summed E-state index contributed by atoms with van der Waals surface area (Å²) in [6.45, 7) is 7.99. The largest absolute Gasteiger partial charge is 0.332 e. The molecule has 7 heteroatoms. The van der Waals surface area contributed by atoms with Gasteiger partial charge < -0.3 is 9.47 Å². The van der Waals surface area contributed by atoms with Crippen LogP contribution < -0.4 is 16.1 Å². The fourth-order valence-corrected chi connectivity index (χ4v) is 4.59. The van der Waals surface area contributed by atoms with Gasteiger partial charge in [0.25, 0.3) is 5.56 Å². The number of fused-ring (bicyclic) bond motifs is 3. The Kier molecular flexibility index (Phi) is 4.77. The third kappa shape index (κ3) is 3.16. The van der Waals surface area contributed by atoms with Gasteiger partial charge in [-0.15, -0.1) is 0 Å². The quantitative estimate of drug-likeness (QED) is 0.501. The van der Waals surface area contributed by atoms with Crippen molar-refractivity contribution in [1.82, 2.24) is 18.7 Å². The molecule has 1 atom stereocenters. The van der Waals surface area contributed by atoms with Gasteiger partial charge in [-0.3, -0.25) is 13.9 Å². The first-order valence-electron chi connectivity index (χ1n) is 10.9. The second-order valence-corrected chi connectivity index (χ2v) is 8.92. The van der Waals surface area contributed by atoms with E-state index in [0.717, 1.165) is 28.9 Å². The van der Waals surface area contributed by atoms with Crippen molar-refractivity contribution in [1.29, 1.82) is 0 Å². The van der Waals surface area contributed by atoms with Crippen molar-refractivity contribution in [2.75, 3.05) is 11.4 Å². The zero-order chi connectivity index (χ0) is 22.6. The standard InChI is InChI=1S/C25H27N5O2/c1-16-9-11-19(12-10-16)15-30-23(31)21-22(27(4)25(30)32)26-24-28(13-17(2)14-29(21)24)20-8-6-5-7-18(20)3/h5-12,17H,13-15H2,1-4H3/t17-/m0/s1. The van der Waals surface area contributed by atoms with Gasteiger partial charge in [0.2, 0.25) is 5.95 Å². The van der Waals surface area contributed by atoms with Crippen LogP contribution in [0.5, 0.6) is 0 Å². The maximum Gasteiger partial charge on any atom is 0.332 e. The van der Waals surface area contributed by atoms with Crippen LogP contribution in [0, 0.1) is 19.8 Å². The predicted octanol–water partition coefficient (Wildman–Crippen LogP) is 3.35. The van der Waals surface area contributed by atoms with E-state index in [1.807, 2.05) is 47.9 Å². The van der Waals surface area contributed by atoms with Crippen LogP contribution in [0.1, 0.15) is 23.6 Å². The summed E-state index contributed by atoms with van der Waals surface area (Å²) in [5.41, 5.74) is 4.55. The Bertz CT molecular complexity index is 1440. The van der Waals surface area contributed by atoms with Gasteiger partial charge in [-0.25, -0.2) is 4.79 Å². The molecule has 2 aromatic carbocycles. The molecule has 0 amide bonds. The van der Waals surface area contributed by atoms with Crippen LogP contribution in [0.15, 0.2) is 58.1 Å². The first-order valence-corrected chi connectivity index (χ1v) is 10.9. The SMILES string of the molecule is Cc1ccc(Cn2c(=O)c3c(nc4n3C[C@@H](C)CN4c3ccccc3C)n(C)c2=O)cc1. The van der Waals surface area contributed by atoms with E-state index in [4.69, 9.17) is 4.98 Å². The smallest absolute Gasteiger partial charge is 0.311 e. The van der Waals surface area contributed by atoms with Gasteiger partial charge in [-0.05, 0) is 37.0 Å². The fourth-order valence-electron chi connectivity index (χ4n) is 4.59. The second-order valence-electron chi connectivity index (χ2n) is 8.92. The lowest BCUT2D eigenvalue weighted by atomic mass is 10.1. The van der Waals surface area contributed by atoms with Crippen molar-refractivity contribution in [3.8, 4) is 0 Å². The van der Waals surface area contributed by atoms with E-state index < -0.39 is 0 Å². The summed E-state index contributed by atoms with van der Waals surface area (Å²) >= 11 is 0. The molecule has 0 radical (unpaired) electrons. The van der Waals surface area contributed by atoms with Gasteiger partial charge in [-0.1, -0.05) is 55.0 Å². The zero-order valence-electron chi connectivity index (χ0n) is 18.9. The summed E-state index contributed by atoms with van der Waals surface area (Å²) in [4.78, 5) is 33.7. The second kappa shape index (κ2) is 7.51. The topological polar surface area (TPSA) is 65.1 Å². The maximum absolute atomic E-state index is 13.6. The fraction of sp³-hybridized carbons (Fsp3) is 0.320.